The van der Waals surface area contributed by atoms with Crippen molar-refractivity contribution >= 4 is 29.1 Å². The van der Waals surface area contributed by atoms with Crippen LogP contribution in [0.1, 0.15) is 36.8 Å². The topological polar surface area (TPSA) is 93.1 Å². The number of nitrogens with two attached hydrogens (primary N) is 1. The second-order valence-corrected chi connectivity index (χ2v) is 8.11. The molecule has 0 aliphatic carbocycles. The Bertz CT molecular complexity index is 1140. The highest BCUT2D eigenvalue weighted by atomic mass is 35.5. The Kier molecular flexibility index (Phi) is 4.69. The summed E-state index contributed by atoms with van der Waals surface area (Å²) in [6.07, 6.45) is 3.83. The van der Waals surface area contributed by atoms with E-state index in [9.17, 15) is 5.11 Å². The highest BCUT2D eigenvalue weighted by Gasteiger charge is 2.37. The summed E-state index contributed by atoms with van der Waals surface area (Å²) in [5, 5.41) is 10.8. The summed E-state index contributed by atoms with van der Waals surface area (Å²) in [5.41, 5.74) is 9.25. The van der Waals surface area contributed by atoms with Crippen molar-refractivity contribution in [2.24, 2.45) is 7.05 Å². The summed E-state index contributed by atoms with van der Waals surface area (Å²) in [4.78, 5) is 14.3. The molecule has 1 aliphatic heterocycles. The molecular formula is C21H21ClN6O. The molecule has 1 aromatic carbocycles. The Labute approximate surface area is 174 Å². The van der Waals surface area contributed by atoms with Gasteiger partial charge in [0.1, 0.15) is 5.02 Å². The number of benzene rings is 1. The zero-order valence-corrected chi connectivity index (χ0v) is 17.1. The molecule has 3 N–H and O–H groups in total. The summed E-state index contributed by atoms with van der Waals surface area (Å²) in [5.74, 6) is 6.69. The van der Waals surface area contributed by atoms with Crippen LogP contribution in [0, 0.1) is 11.8 Å². The number of imidazole rings is 1. The first-order valence-corrected chi connectivity index (χ1v) is 9.50. The number of aromatic nitrogens is 4. The number of anilines is 3. The van der Waals surface area contributed by atoms with E-state index in [1.165, 1.54) is 11.8 Å². The van der Waals surface area contributed by atoms with Gasteiger partial charge in [0, 0.05) is 30.3 Å². The third kappa shape index (κ3) is 3.53. The van der Waals surface area contributed by atoms with Crippen LogP contribution in [0.5, 0.6) is 0 Å². The van der Waals surface area contributed by atoms with Crippen molar-refractivity contribution in [2.45, 2.75) is 25.4 Å². The third-order valence-electron chi connectivity index (χ3n) is 5.06. The van der Waals surface area contributed by atoms with Gasteiger partial charge in [-0.2, -0.15) is 4.98 Å². The van der Waals surface area contributed by atoms with E-state index in [0.717, 1.165) is 11.3 Å². The molecular weight excluding hydrogens is 388 g/mol. The molecule has 1 atom stereocenters. The summed E-state index contributed by atoms with van der Waals surface area (Å²) in [6.45, 7) is 5.04. The fourth-order valence-corrected chi connectivity index (χ4v) is 3.77. The monoisotopic (exact) mass is 408 g/mol. The van der Waals surface area contributed by atoms with Gasteiger partial charge in [0.05, 0.1) is 24.4 Å². The second kappa shape index (κ2) is 7.07. The number of hydrogen-bond acceptors (Lipinski definition) is 6. The molecule has 0 bridgehead atoms. The quantitative estimate of drug-likeness (QED) is 0.633. The van der Waals surface area contributed by atoms with Crippen molar-refractivity contribution in [3.05, 3.63) is 58.8 Å². The van der Waals surface area contributed by atoms with E-state index in [-0.39, 0.29) is 11.4 Å². The minimum absolute atomic E-state index is 0.0987. The zero-order chi connectivity index (χ0) is 20.8. The number of fused-ring (bicyclic) bond motifs is 1. The number of rotatable bonds is 2. The minimum Gasteiger partial charge on any atom is -0.374 e. The van der Waals surface area contributed by atoms with E-state index in [1.54, 1.807) is 17.1 Å². The molecule has 2 aromatic heterocycles. The number of aliphatic hydroxyl groups excluding tert-OH is 1. The molecule has 0 spiro atoms. The molecule has 7 nitrogen and oxygen atoms in total. The van der Waals surface area contributed by atoms with E-state index in [2.05, 4.69) is 46.7 Å². The molecule has 0 amide bonds. The van der Waals surface area contributed by atoms with Crippen LogP contribution in [0.25, 0.3) is 0 Å². The van der Waals surface area contributed by atoms with Gasteiger partial charge in [0.25, 0.3) is 0 Å². The van der Waals surface area contributed by atoms with Gasteiger partial charge in [0.2, 0.25) is 5.95 Å². The lowest BCUT2D eigenvalue weighted by atomic mass is 9.86. The van der Waals surface area contributed by atoms with E-state index in [1.807, 2.05) is 24.1 Å². The average Bonchev–Trinajstić information content (AvgIpc) is 3.22. The molecule has 8 heteroatoms. The van der Waals surface area contributed by atoms with Crippen molar-refractivity contribution in [2.75, 3.05) is 17.2 Å². The first kappa shape index (κ1) is 19.2. The van der Waals surface area contributed by atoms with Gasteiger partial charge in [-0.15, -0.1) is 0 Å². The van der Waals surface area contributed by atoms with E-state index in [0.29, 0.717) is 23.1 Å². The molecule has 4 rings (SSSR count). The number of nitrogen functional groups attached to an aromatic ring is 1. The summed E-state index contributed by atoms with van der Waals surface area (Å²) in [6, 6.07) is 6.01. The Morgan fingerprint density at radius 3 is 2.83 bits per heavy atom. The third-order valence-corrected chi connectivity index (χ3v) is 5.32. The molecule has 0 unspecified atom stereocenters. The van der Waals surface area contributed by atoms with E-state index in [4.69, 9.17) is 17.3 Å². The number of aliphatic hydroxyl groups is 1. The largest absolute Gasteiger partial charge is 0.374 e. The molecule has 0 fully saturated rings. The molecule has 1 aliphatic rings. The number of nitrogens with zero attached hydrogens (tertiary/aromatic N) is 5. The number of aryl methyl sites for hydroxylation is 1. The van der Waals surface area contributed by atoms with Crippen molar-refractivity contribution in [1.29, 1.82) is 0 Å². The van der Waals surface area contributed by atoms with Gasteiger partial charge in [-0.25, -0.2) is 9.97 Å². The normalized spacial score (nSPS) is 15.6. The van der Waals surface area contributed by atoms with Crippen molar-refractivity contribution < 1.29 is 5.11 Å². The van der Waals surface area contributed by atoms with Gasteiger partial charge < -0.3 is 20.3 Å². The summed E-state index contributed by atoms with van der Waals surface area (Å²) >= 11 is 6.36. The predicted octanol–water partition coefficient (Wildman–Crippen LogP) is 2.96. The molecule has 0 radical (unpaired) electrons. The predicted molar refractivity (Wildman–Crippen MR) is 113 cm³/mol. The van der Waals surface area contributed by atoms with Crippen molar-refractivity contribution in [1.82, 2.24) is 19.5 Å². The SMILES string of the molecule is Cn1cncc1[C@@H](O)C#Cc1ccc2c(c1)N(c1nc(N)ncc1Cl)CC2(C)C. The zero-order valence-electron chi connectivity index (χ0n) is 16.4. The lowest BCUT2D eigenvalue weighted by Crippen LogP contribution is -2.26. The fourth-order valence-electron chi connectivity index (χ4n) is 3.58. The first-order valence-electron chi connectivity index (χ1n) is 9.12. The Morgan fingerprint density at radius 2 is 2.10 bits per heavy atom. The van der Waals surface area contributed by atoms with Crippen LogP contribution in [-0.4, -0.2) is 31.2 Å². The van der Waals surface area contributed by atoms with E-state index < -0.39 is 6.10 Å². The molecule has 148 valence electrons. The molecule has 29 heavy (non-hydrogen) atoms. The molecule has 3 heterocycles. The van der Waals surface area contributed by atoms with E-state index >= 15 is 0 Å². The first-order chi connectivity index (χ1) is 13.8. The summed E-state index contributed by atoms with van der Waals surface area (Å²) < 4.78 is 1.74. The smallest absolute Gasteiger partial charge is 0.222 e. The maximum atomic E-state index is 10.3. The lowest BCUT2D eigenvalue weighted by molar-refractivity contribution is 0.229. The molecule has 0 saturated heterocycles. The maximum absolute atomic E-state index is 10.3. The Morgan fingerprint density at radius 1 is 1.31 bits per heavy atom. The Hall–Kier alpha value is -3.08. The Balaban J connectivity index is 1.73. The van der Waals surface area contributed by atoms with Gasteiger partial charge >= 0.3 is 0 Å². The van der Waals surface area contributed by atoms with Crippen LogP contribution in [0.15, 0.2) is 36.9 Å². The lowest BCUT2D eigenvalue weighted by Gasteiger charge is -2.22. The highest BCUT2D eigenvalue weighted by molar-refractivity contribution is 6.33. The fraction of sp³-hybridized carbons (Fsp3) is 0.286. The van der Waals surface area contributed by atoms with Gasteiger partial charge in [0.15, 0.2) is 11.9 Å². The van der Waals surface area contributed by atoms with Crippen LogP contribution in [0.2, 0.25) is 5.02 Å². The van der Waals surface area contributed by atoms with Crippen molar-refractivity contribution in [3.8, 4) is 11.8 Å². The molecule has 0 saturated carbocycles. The second-order valence-electron chi connectivity index (χ2n) is 7.70. The van der Waals surface area contributed by atoms with Gasteiger partial charge in [-0.1, -0.05) is 43.4 Å². The van der Waals surface area contributed by atoms with Crippen molar-refractivity contribution in [3.63, 3.8) is 0 Å². The maximum Gasteiger partial charge on any atom is 0.222 e. The average molecular weight is 409 g/mol. The summed E-state index contributed by atoms with van der Waals surface area (Å²) in [7, 11) is 1.82. The standard InChI is InChI=1S/C21H21ClN6O/c1-21(2)11-28(19-15(22)9-25-20(23)26-19)16-8-13(4-6-14(16)21)5-7-18(29)17-10-24-12-27(17)3/h4,6,8-10,12,18,29H,11H2,1-3H3,(H2,23,25,26)/t18-/m0/s1. The van der Waals surface area contributed by atoms with Crippen LogP contribution in [-0.2, 0) is 12.5 Å². The molecule has 3 aromatic rings. The van der Waals surface area contributed by atoms with Crippen LogP contribution in [0.3, 0.4) is 0 Å². The van der Waals surface area contributed by atoms with Gasteiger partial charge in [-0.3, -0.25) is 0 Å². The number of halogens is 1. The van der Waals surface area contributed by atoms with Crippen LogP contribution >= 0.6 is 11.6 Å². The van der Waals surface area contributed by atoms with Crippen LogP contribution in [0.4, 0.5) is 17.5 Å². The number of hydrogen-bond donors (Lipinski definition) is 2. The minimum atomic E-state index is -0.917. The van der Waals surface area contributed by atoms with Gasteiger partial charge in [-0.05, 0) is 17.7 Å². The highest BCUT2D eigenvalue weighted by Crippen LogP contribution is 2.45. The van der Waals surface area contributed by atoms with Crippen LogP contribution < -0.4 is 10.6 Å².